The summed E-state index contributed by atoms with van der Waals surface area (Å²) in [5, 5.41) is 3.57. The van der Waals surface area contributed by atoms with Gasteiger partial charge in [0.25, 0.3) is 11.5 Å². The lowest BCUT2D eigenvalue weighted by Crippen LogP contribution is -2.42. The molecule has 27 heavy (non-hydrogen) atoms. The Morgan fingerprint density at radius 1 is 1.30 bits per heavy atom. The molecule has 2 N–H and O–H groups in total. The number of urea groups is 1. The monoisotopic (exact) mass is 411 g/mol. The fourth-order valence-electron chi connectivity index (χ4n) is 1.71. The lowest BCUT2D eigenvalue weighted by Gasteiger charge is -2.12. The van der Waals surface area contributed by atoms with Gasteiger partial charge in [-0.15, -0.1) is 0 Å². The summed E-state index contributed by atoms with van der Waals surface area (Å²) in [5.74, 6) is -1.95. The van der Waals surface area contributed by atoms with Crippen molar-refractivity contribution in [1.82, 2.24) is 15.2 Å². The number of carbonyl (C=O) groups excluding carboxylic acids is 3. The number of halogens is 4. The molecule has 0 spiro atoms. The largest absolute Gasteiger partial charge is 0.454 e. The third-order valence-corrected chi connectivity index (χ3v) is 3.23. The molecule has 0 saturated heterocycles. The Hall–Kier alpha value is -2.56. The number of imide groups is 1. The van der Waals surface area contributed by atoms with E-state index in [2.05, 4.69) is 10.1 Å². The molecule has 0 aliphatic rings. The SMILES string of the molecule is CC(C)CNC(=O)NC(=O)COC(=O)Cn1cc(C(F)(F)F)cc(Cl)c1=O. The zero-order valence-electron chi connectivity index (χ0n) is 14.4. The predicted octanol–water partition coefficient (Wildman–Crippen LogP) is 1.55. The summed E-state index contributed by atoms with van der Waals surface area (Å²) < 4.78 is 43.1. The molecule has 0 aliphatic heterocycles. The number of rotatable bonds is 6. The average molecular weight is 412 g/mol. The van der Waals surface area contributed by atoms with E-state index in [1.54, 1.807) is 0 Å². The number of alkyl halides is 3. The van der Waals surface area contributed by atoms with Crippen molar-refractivity contribution < 1.29 is 32.3 Å². The number of amides is 3. The van der Waals surface area contributed by atoms with E-state index >= 15 is 0 Å². The van der Waals surface area contributed by atoms with Crippen LogP contribution >= 0.6 is 11.6 Å². The topological polar surface area (TPSA) is 106 Å². The van der Waals surface area contributed by atoms with Crippen LogP contribution < -0.4 is 16.2 Å². The minimum Gasteiger partial charge on any atom is -0.454 e. The second-order valence-corrected chi connectivity index (χ2v) is 6.23. The maximum absolute atomic E-state index is 12.7. The molecular formula is C15H17ClF3N3O5. The van der Waals surface area contributed by atoms with Crippen molar-refractivity contribution in [2.24, 2.45) is 5.92 Å². The highest BCUT2D eigenvalue weighted by atomic mass is 35.5. The fraction of sp³-hybridized carbons (Fsp3) is 0.467. The molecule has 1 heterocycles. The number of carbonyl (C=O) groups is 3. The number of hydrogen-bond donors (Lipinski definition) is 2. The van der Waals surface area contributed by atoms with Crippen molar-refractivity contribution >= 4 is 29.5 Å². The molecule has 0 aromatic carbocycles. The summed E-state index contributed by atoms with van der Waals surface area (Å²) in [4.78, 5) is 46.2. The number of hydrogen-bond acceptors (Lipinski definition) is 5. The van der Waals surface area contributed by atoms with E-state index in [0.29, 0.717) is 23.4 Å². The molecule has 1 aromatic heterocycles. The smallest absolute Gasteiger partial charge is 0.417 e. The van der Waals surface area contributed by atoms with Gasteiger partial charge in [0.1, 0.15) is 11.6 Å². The van der Waals surface area contributed by atoms with Gasteiger partial charge in [0, 0.05) is 12.7 Å². The minimum absolute atomic E-state index is 0.154. The number of ether oxygens (including phenoxy) is 1. The molecule has 0 saturated carbocycles. The molecule has 8 nitrogen and oxygen atoms in total. The standard InChI is InChI=1S/C15H17ClF3N3O5/c1-8(2)4-20-14(26)21-11(23)7-27-12(24)6-22-5-9(15(17,18)19)3-10(16)13(22)25/h3,5,8H,4,6-7H2,1-2H3,(H2,20,21,23,26). The highest BCUT2D eigenvalue weighted by molar-refractivity contribution is 6.30. The summed E-state index contributed by atoms with van der Waals surface area (Å²) in [7, 11) is 0. The molecule has 12 heteroatoms. The van der Waals surface area contributed by atoms with Crippen molar-refractivity contribution in [1.29, 1.82) is 0 Å². The van der Waals surface area contributed by atoms with Gasteiger partial charge in [0.05, 0.1) is 5.56 Å². The second kappa shape index (κ2) is 9.40. The van der Waals surface area contributed by atoms with Crippen molar-refractivity contribution in [2.45, 2.75) is 26.6 Å². The first kappa shape index (κ1) is 22.5. The molecule has 0 unspecified atom stereocenters. The van der Waals surface area contributed by atoms with Crippen LogP contribution in [0.25, 0.3) is 0 Å². The van der Waals surface area contributed by atoms with Gasteiger partial charge in [0.15, 0.2) is 6.61 Å². The maximum atomic E-state index is 12.7. The first-order valence-corrected chi connectivity index (χ1v) is 7.98. The first-order chi connectivity index (χ1) is 12.4. The molecule has 0 radical (unpaired) electrons. The molecular weight excluding hydrogens is 395 g/mol. The van der Waals surface area contributed by atoms with E-state index in [0.717, 1.165) is 0 Å². The second-order valence-electron chi connectivity index (χ2n) is 5.82. The Labute approximate surface area is 156 Å². The van der Waals surface area contributed by atoms with Gasteiger partial charge in [-0.1, -0.05) is 25.4 Å². The zero-order chi connectivity index (χ0) is 20.8. The van der Waals surface area contributed by atoms with Crippen molar-refractivity contribution in [3.8, 4) is 0 Å². The Morgan fingerprint density at radius 2 is 1.93 bits per heavy atom. The van der Waals surface area contributed by atoms with Crippen LogP contribution in [-0.4, -0.2) is 35.6 Å². The summed E-state index contributed by atoms with van der Waals surface area (Å²) in [6.07, 6.45) is -4.36. The highest BCUT2D eigenvalue weighted by Gasteiger charge is 2.32. The average Bonchev–Trinajstić information content (AvgIpc) is 2.54. The zero-order valence-corrected chi connectivity index (χ0v) is 15.1. The Morgan fingerprint density at radius 3 is 2.48 bits per heavy atom. The van der Waals surface area contributed by atoms with Crippen LogP contribution in [0.5, 0.6) is 0 Å². The van der Waals surface area contributed by atoms with E-state index in [9.17, 15) is 32.3 Å². The third kappa shape index (κ3) is 7.69. The predicted molar refractivity (Wildman–Crippen MR) is 88.1 cm³/mol. The lowest BCUT2D eigenvalue weighted by atomic mass is 10.2. The molecule has 150 valence electrons. The van der Waals surface area contributed by atoms with Gasteiger partial charge in [-0.3, -0.25) is 19.7 Å². The summed E-state index contributed by atoms with van der Waals surface area (Å²) in [6, 6.07) is -0.347. The molecule has 0 bridgehead atoms. The van der Waals surface area contributed by atoms with Crippen LogP contribution in [0.4, 0.5) is 18.0 Å². The molecule has 0 fully saturated rings. The van der Waals surface area contributed by atoms with Crippen LogP contribution in [0.15, 0.2) is 17.1 Å². The van der Waals surface area contributed by atoms with Gasteiger partial charge < -0.3 is 14.6 Å². The quantitative estimate of drug-likeness (QED) is 0.691. The number of esters is 1. The maximum Gasteiger partial charge on any atom is 0.417 e. The lowest BCUT2D eigenvalue weighted by molar-refractivity contribution is -0.149. The van der Waals surface area contributed by atoms with Crippen LogP contribution in [0.3, 0.4) is 0 Å². The molecule has 1 aromatic rings. The van der Waals surface area contributed by atoms with Crippen LogP contribution in [0.1, 0.15) is 19.4 Å². The summed E-state index contributed by atoms with van der Waals surface area (Å²) in [5.41, 5.74) is -2.25. The number of aromatic nitrogens is 1. The Balaban J connectivity index is 2.63. The van der Waals surface area contributed by atoms with Gasteiger partial charge in [-0.2, -0.15) is 13.2 Å². The molecule has 3 amide bonds. The number of pyridine rings is 1. The number of nitrogens with zero attached hydrogens (tertiary/aromatic N) is 1. The highest BCUT2D eigenvalue weighted by Crippen LogP contribution is 2.29. The van der Waals surface area contributed by atoms with Gasteiger partial charge >= 0.3 is 18.2 Å². The number of nitrogens with one attached hydrogen (secondary N) is 2. The summed E-state index contributed by atoms with van der Waals surface area (Å²) >= 11 is 5.45. The van der Waals surface area contributed by atoms with Crippen molar-refractivity contribution in [3.05, 3.63) is 33.2 Å². The normalized spacial score (nSPS) is 11.2. The van der Waals surface area contributed by atoms with E-state index in [1.807, 2.05) is 19.2 Å². The van der Waals surface area contributed by atoms with E-state index in [1.165, 1.54) is 0 Å². The first-order valence-electron chi connectivity index (χ1n) is 7.60. The van der Waals surface area contributed by atoms with E-state index in [4.69, 9.17) is 11.6 Å². The minimum atomic E-state index is -4.77. The Kier molecular flexibility index (Phi) is 7.82. The van der Waals surface area contributed by atoms with Gasteiger partial charge in [-0.25, -0.2) is 4.79 Å². The van der Waals surface area contributed by atoms with Crippen LogP contribution in [-0.2, 0) is 27.0 Å². The van der Waals surface area contributed by atoms with Crippen molar-refractivity contribution in [2.75, 3.05) is 13.2 Å². The van der Waals surface area contributed by atoms with Crippen LogP contribution in [0, 0.1) is 5.92 Å². The third-order valence-electron chi connectivity index (χ3n) is 2.96. The summed E-state index contributed by atoms with van der Waals surface area (Å²) in [6.45, 7) is 2.25. The van der Waals surface area contributed by atoms with E-state index < -0.39 is 53.4 Å². The van der Waals surface area contributed by atoms with Gasteiger partial charge in [-0.05, 0) is 12.0 Å². The molecule has 1 rings (SSSR count). The molecule has 0 atom stereocenters. The fourth-order valence-corrected chi connectivity index (χ4v) is 1.93. The van der Waals surface area contributed by atoms with E-state index in [-0.39, 0.29) is 5.92 Å². The van der Waals surface area contributed by atoms with Crippen molar-refractivity contribution in [3.63, 3.8) is 0 Å². The van der Waals surface area contributed by atoms with Crippen LogP contribution in [0.2, 0.25) is 5.02 Å². The Bertz CT molecular complexity index is 777. The molecule has 0 aliphatic carbocycles. The van der Waals surface area contributed by atoms with Gasteiger partial charge in [0.2, 0.25) is 0 Å².